The average molecular weight is 296 g/mol. The van der Waals surface area contributed by atoms with Crippen molar-refractivity contribution in [3.05, 3.63) is 89.5 Å². The van der Waals surface area contributed by atoms with E-state index in [1.165, 1.54) is 27.5 Å². The molecule has 0 bridgehead atoms. The maximum atomic E-state index is 10.2. The maximum absolute atomic E-state index is 10.2. The Balaban J connectivity index is 1.80. The first kappa shape index (κ1) is 12.7. The summed E-state index contributed by atoms with van der Waals surface area (Å²) in [4.78, 5) is 0. The van der Waals surface area contributed by atoms with Crippen molar-refractivity contribution in [3.8, 4) is 5.75 Å². The standard InChI is InChI=1S/C22H16O/c23-21-12-11-17(16-8-1-2-9-18(16)21)20-13-15-7-3-5-14-6-4-10-19(20)22(14)15/h1-12,20,23H,13H2. The van der Waals surface area contributed by atoms with E-state index in [4.69, 9.17) is 0 Å². The Morgan fingerprint density at radius 2 is 1.48 bits per heavy atom. The summed E-state index contributed by atoms with van der Waals surface area (Å²) in [5.41, 5.74) is 4.15. The monoisotopic (exact) mass is 296 g/mol. The van der Waals surface area contributed by atoms with Crippen LogP contribution in [0.4, 0.5) is 0 Å². The van der Waals surface area contributed by atoms with Gasteiger partial charge in [-0.3, -0.25) is 0 Å². The highest BCUT2D eigenvalue weighted by Gasteiger charge is 2.26. The van der Waals surface area contributed by atoms with Crippen molar-refractivity contribution in [2.45, 2.75) is 12.3 Å². The molecule has 23 heavy (non-hydrogen) atoms. The highest BCUT2D eigenvalue weighted by molar-refractivity contribution is 5.95. The van der Waals surface area contributed by atoms with E-state index in [2.05, 4.69) is 48.5 Å². The van der Waals surface area contributed by atoms with Crippen molar-refractivity contribution in [1.29, 1.82) is 0 Å². The lowest BCUT2D eigenvalue weighted by atomic mass is 9.88. The van der Waals surface area contributed by atoms with Gasteiger partial charge in [0.2, 0.25) is 0 Å². The lowest BCUT2D eigenvalue weighted by Crippen LogP contribution is -2.00. The summed E-state index contributed by atoms with van der Waals surface area (Å²) in [6, 6.07) is 25.3. The molecule has 0 saturated carbocycles. The van der Waals surface area contributed by atoms with Crippen LogP contribution in [0.3, 0.4) is 0 Å². The summed E-state index contributed by atoms with van der Waals surface area (Å²) >= 11 is 0. The predicted molar refractivity (Wildman–Crippen MR) is 95.1 cm³/mol. The van der Waals surface area contributed by atoms with Crippen LogP contribution in [0.5, 0.6) is 5.75 Å². The molecule has 110 valence electrons. The van der Waals surface area contributed by atoms with E-state index >= 15 is 0 Å². The van der Waals surface area contributed by atoms with Crippen molar-refractivity contribution in [2.75, 3.05) is 0 Å². The lowest BCUT2D eigenvalue weighted by molar-refractivity contribution is 0.481. The third kappa shape index (κ3) is 1.74. The van der Waals surface area contributed by atoms with Gasteiger partial charge in [-0.1, -0.05) is 66.7 Å². The van der Waals surface area contributed by atoms with Crippen LogP contribution in [0.25, 0.3) is 21.5 Å². The Hall–Kier alpha value is -2.80. The molecule has 0 saturated heterocycles. The highest BCUT2D eigenvalue weighted by Crippen LogP contribution is 2.44. The van der Waals surface area contributed by atoms with E-state index in [0.717, 1.165) is 17.2 Å². The molecule has 4 aromatic rings. The Bertz CT molecular complexity index is 1060. The molecule has 0 aliphatic heterocycles. The van der Waals surface area contributed by atoms with Gasteiger partial charge in [0.25, 0.3) is 0 Å². The van der Waals surface area contributed by atoms with Gasteiger partial charge in [0.05, 0.1) is 0 Å². The van der Waals surface area contributed by atoms with E-state index in [1.54, 1.807) is 0 Å². The number of rotatable bonds is 1. The number of aromatic hydroxyl groups is 1. The third-order valence-electron chi connectivity index (χ3n) is 5.13. The third-order valence-corrected chi connectivity index (χ3v) is 5.13. The summed E-state index contributed by atoms with van der Waals surface area (Å²) in [6.07, 6.45) is 1.03. The molecule has 1 aliphatic carbocycles. The molecular weight excluding hydrogens is 280 g/mol. The van der Waals surface area contributed by atoms with E-state index in [9.17, 15) is 5.11 Å². The van der Waals surface area contributed by atoms with Gasteiger partial charge < -0.3 is 5.11 Å². The largest absolute Gasteiger partial charge is 0.507 e. The van der Waals surface area contributed by atoms with Gasteiger partial charge in [-0.05, 0) is 45.3 Å². The predicted octanol–water partition coefficient (Wildman–Crippen LogP) is 5.39. The number of fused-ring (bicyclic) bond motifs is 1. The van der Waals surface area contributed by atoms with E-state index in [0.29, 0.717) is 11.7 Å². The molecule has 0 fully saturated rings. The van der Waals surface area contributed by atoms with Crippen molar-refractivity contribution in [3.63, 3.8) is 0 Å². The van der Waals surface area contributed by atoms with Gasteiger partial charge in [-0.25, -0.2) is 0 Å². The topological polar surface area (TPSA) is 20.2 Å². The van der Waals surface area contributed by atoms with Crippen LogP contribution in [0, 0.1) is 0 Å². The number of benzene rings is 4. The van der Waals surface area contributed by atoms with Gasteiger partial charge in [0.15, 0.2) is 0 Å². The average Bonchev–Trinajstić information content (AvgIpc) is 2.97. The Kier molecular flexibility index (Phi) is 2.54. The molecule has 0 amide bonds. The minimum Gasteiger partial charge on any atom is -0.507 e. The van der Waals surface area contributed by atoms with Gasteiger partial charge in [-0.2, -0.15) is 0 Å². The lowest BCUT2D eigenvalue weighted by Gasteiger charge is -2.16. The van der Waals surface area contributed by atoms with Crippen molar-refractivity contribution >= 4 is 21.5 Å². The fraction of sp³-hybridized carbons (Fsp3) is 0.0909. The van der Waals surface area contributed by atoms with Crippen LogP contribution in [-0.2, 0) is 6.42 Å². The molecule has 1 atom stereocenters. The smallest absolute Gasteiger partial charge is 0.123 e. The van der Waals surface area contributed by atoms with Gasteiger partial charge in [0, 0.05) is 11.3 Å². The van der Waals surface area contributed by atoms with Crippen LogP contribution < -0.4 is 0 Å². The van der Waals surface area contributed by atoms with Gasteiger partial charge in [-0.15, -0.1) is 0 Å². The van der Waals surface area contributed by atoms with Crippen molar-refractivity contribution < 1.29 is 5.11 Å². The fourth-order valence-corrected chi connectivity index (χ4v) is 4.13. The molecule has 5 rings (SSSR count). The molecule has 0 aromatic heterocycles. The Labute approximate surface area is 134 Å². The minimum atomic E-state index is 0.359. The number of phenolic OH excluding ortho intramolecular Hbond substituents is 1. The van der Waals surface area contributed by atoms with E-state index in [1.807, 2.05) is 24.3 Å². The summed E-state index contributed by atoms with van der Waals surface area (Å²) in [5.74, 6) is 0.722. The molecule has 0 spiro atoms. The first-order valence-corrected chi connectivity index (χ1v) is 8.04. The molecule has 0 heterocycles. The molecule has 4 aromatic carbocycles. The normalized spacial score (nSPS) is 16.3. The van der Waals surface area contributed by atoms with Gasteiger partial charge in [0.1, 0.15) is 5.75 Å². The SMILES string of the molecule is Oc1ccc(C2Cc3cccc4cccc2c34)c2ccccc12. The quantitative estimate of drug-likeness (QED) is 0.499. The van der Waals surface area contributed by atoms with Crippen molar-refractivity contribution in [2.24, 2.45) is 0 Å². The molecule has 1 N–H and O–H groups in total. The summed E-state index contributed by atoms with van der Waals surface area (Å²) in [6.45, 7) is 0. The second kappa shape index (κ2) is 4.60. The zero-order valence-corrected chi connectivity index (χ0v) is 12.7. The first-order valence-electron chi connectivity index (χ1n) is 8.04. The number of hydrogen-bond donors (Lipinski definition) is 1. The van der Waals surface area contributed by atoms with Gasteiger partial charge >= 0.3 is 0 Å². The van der Waals surface area contributed by atoms with E-state index < -0.39 is 0 Å². The van der Waals surface area contributed by atoms with Crippen LogP contribution in [-0.4, -0.2) is 5.11 Å². The molecule has 1 unspecified atom stereocenters. The Morgan fingerprint density at radius 3 is 2.35 bits per heavy atom. The molecule has 1 heteroatoms. The van der Waals surface area contributed by atoms with Crippen LogP contribution in [0.1, 0.15) is 22.6 Å². The Morgan fingerprint density at radius 1 is 0.696 bits per heavy atom. The zero-order chi connectivity index (χ0) is 15.4. The molecular formula is C22H16O. The molecule has 1 nitrogen and oxygen atoms in total. The van der Waals surface area contributed by atoms with Crippen LogP contribution in [0.15, 0.2) is 72.8 Å². The van der Waals surface area contributed by atoms with E-state index in [-0.39, 0.29) is 0 Å². The summed E-state index contributed by atoms with van der Waals surface area (Å²) in [5, 5.41) is 15.0. The first-order chi connectivity index (χ1) is 11.3. The minimum absolute atomic E-state index is 0.359. The highest BCUT2D eigenvalue weighted by atomic mass is 16.3. The number of hydrogen-bond acceptors (Lipinski definition) is 1. The second-order valence-corrected chi connectivity index (χ2v) is 6.34. The fourth-order valence-electron chi connectivity index (χ4n) is 4.13. The van der Waals surface area contributed by atoms with Crippen LogP contribution >= 0.6 is 0 Å². The molecule has 0 radical (unpaired) electrons. The summed E-state index contributed by atoms with van der Waals surface area (Å²) in [7, 11) is 0. The van der Waals surface area contributed by atoms with Crippen LogP contribution in [0.2, 0.25) is 0 Å². The zero-order valence-electron chi connectivity index (χ0n) is 12.7. The second-order valence-electron chi connectivity index (χ2n) is 6.34. The maximum Gasteiger partial charge on any atom is 0.123 e. The molecule has 1 aliphatic rings. The summed E-state index contributed by atoms with van der Waals surface area (Å²) < 4.78 is 0. The van der Waals surface area contributed by atoms with Crippen molar-refractivity contribution in [1.82, 2.24) is 0 Å². The number of phenols is 1.